The van der Waals surface area contributed by atoms with Gasteiger partial charge in [0.1, 0.15) is 5.75 Å². The van der Waals surface area contributed by atoms with E-state index in [4.69, 9.17) is 17.0 Å². The molecule has 0 heterocycles. The van der Waals surface area contributed by atoms with Crippen molar-refractivity contribution in [2.45, 2.75) is 19.8 Å². The van der Waals surface area contributed by atoms with Crippen molar-refractivity contribution >= 4 is 40.5 Å². The van der Waals surface area contributed by atoms with Crippen molar-refractivity contribution in [3.8, 4) is 5.75 Å². The summed E-state index contributed by atoms with van der Waals surface area (Å²) >= 11 is 5.22. The lowest BCUT2D eigenvalue weighted by molar-refractivity contribution is -0.117. The molecule has 0 atom stereocenters. The van der Waals surface area contributed by atoms with Crippen LogP contribution in [0.1, 0.15) is 28.8 Å². The van der Waals surface area contributed by atoms with Crippen molar-refractivity contribution in [2.75, 3.05) is 17.7 Å². The highest BCUT2D eigenvalue weighted by molar-refractivity contribution is 7.80. The fourth-order valence-corrected chi connectivity index (χ4v) is 2.71. The van der Waals surface area contributed by atoms with E-state index in [1.165, 1.54) is 0 Å². The van der Waals surface area contributed by atoms with Crippen molar-refractivity contribution in [3.05, 3.63) is 53.6 Å². The number of nitrogens with one attached hydrogen (secondary N) is 3. The van der Waals surface area contributed by atoms with Crippen LogP contribution in [0.4, 0.5) is 11.4 Å². The average molecular weight is 383 g/mol. The minimum absolute atomic E-state index is 0.0469. The number of carbonyl (C=O) groups is 2. The number of anilines is 2. The number of methoxy groups -OCH3 is 1. The molecule has 1 aliphatic carbocycles. The van der Waals surface area contributed by atoms with E-state index in [0.717, 1.165) is 24.1 Å². The molecular weight excluding hydrogens is 362 g/mol. The van der Waals surface area contributed by atoms with Gasteiger partial charge in [0.15, 0.2) is 5.11 Å². The van der Waals surface area contributed by atoms with E-state index in [-0.39, 0.29) is 22.8 Å². The quantitative estimate of drug-likeness (QED) is 0.689. The van der Waals surface area contributed by atoms with E-state index in [9.17, 15) is 9.59 Å². The van der Waals surface area contributed by atoms with Crippen molar-refractivity contribution in [2.24, 2.45) is 5.92 Å². The van der Waals surface area contributed by atoms with Crippen molar-refractivity contribution < 1.29 is 14.3 Å². The summed E-state index contributed by atoms with van der Waals surface area (Å²) in [5.41, 5.74) is 2.86. The van der Waals surface area contributed by atoms with Gasteiger partial charge < -0.3 is 15.4 Å². The standard InChI is InChI=1S/C20H21N3O3S/c1-12-3-8-15(11-17(12)22-18(24)13-4-5-13)21-20(27)23-19(25)14-6-9-16(26-2)10-7-14/h3,6-11,13H,4-5H2,1-2H3,(H,22,24)(H2,21,23,25,27). The van der Waals surface area contributed by atoms with Crippen LogP contribution in [0.15, 0.2) is 42.5 Å². The first-order valence-corrected chi connectivity index (χ1v) is 9.05. The third-order valence-corrected chi connectivity index (χ3v) is 4.48. The van der Waals surface area contributed by atoms with E-state index in [1.807, 2.05) is 19.1 Å². The molecular formula is C20H21N3O3S. The van der Waals surface area contributed by atoms with E-state index in [2.05, 4.69) is 16.0 Å². The monoisotopic (exact) mass is 383 g/mol. The van der Waals surface area contributed by atoms with Crippen LogP contribution in [0, 0.1) is 12.8 Å². The van der Waals surface area contributed by atoms with Gasteiger partial charge in [-0.25, -0.2) is 0 Å². The van der Waals surface area contributed by atoms with Crippen LogP contribution in [0.25, 0.3) is 0 Å². The van der Waals surface area contributed by atoms with Crippen molar-refractivity contribution in [1.29, 1.82) is 0 Å². The molecule has 3 N–H and O–H groups in total. The highest BCUT2D eigenvalue weighted by atomic mass is 32.1. The van der Waals surface area contributed by atoms with Gasteiger partial charge in [-0.05, 0) is 73.9 Å². The lowest BCUT2D eigenvalue weighted by Crippen LogP contribution is -2.34. The summed E-state index contributed by atoms with van der Waals surface area (Å²) in [6.07, 6.45) is 1.90. The molecule has 2 aromatic rings. The molecule has 2 amide bonds. The van der Waals surface area contributed by atoms with Gasteiger partial charge in [-0.2, -0.15) is 0 Å². The third kappa shape index (κ3) is 5.04. The molecule has 0 unspecified atom stereocenters. The van der Waals surface area contributed by atoms with Gasteiger partial charge in [0.25, 0.3) is 5.91 Å². The smallest absolute Gasteiger partial charge is 0.257 e. The molecule has 6 nitrogen and oxygen atoms in total. The average Bonchev–Trinajstić information content (AvgIpc) is 3.49. The van der Waals surface area contributed by atoms with E-state index in [0.29, 0.717) is 17.0 Å². The Morgan fingerprint density at radius 1 is 1.07 bits per heavy atom. The summed E-state index contributed by atoms with van der Waals surface area (Å²) in [7, 11) is 1.57. The van der Waals surface area contributed by atoms with Crippen LogP contribution in [0.2, 0.25) is 0 Å². The number of aryl methyl sites for hydroxylation is 1. The summed E-state index contributed by atoms with van der Waals surface area (Å²) in [6, 6.07) is 12.3. The fourth-order valence-electron chi connectivity index (χ4n) is 2.49. The molecule has 140 valence electrons. The zero-order valence-electron chi connectivity index (χ0n) is 15.2. The van der Waals surface area contributed by atoms with Crippen LogP contribution >= 0.6 is 12.2 Å². The summed E-state index contributed by atoms with van der Waals surface area (Å²) in [6.45, 7) is 1.93. The maximum atomic E-state index is 12.3. The Bertz CT molecular complexity index is 877. The van der Waals surface area contributed by atoms with Crippen molar-refractivity contribution in [1.82, 2.24) is 5.32 Å². The molecule has 1 aliphatic rings. The van der Waals surface area contributed by atoms with Gasteiger partial charge in [-0.1, -0.05) is 6.07 Å². The van der Waals surface area contributed by atoms with Gasteiger partial charge in [0, 0.05) is 22.9 Å². The van der Waals surface area contributed by atoms with Crippen molar-refractivity contribution in [3.63, 3.8) is 0 Å². The molecule has 0 aromatic heterocycles. The topological polar surface area (TPSA) is 79.5 Å². The number of hydrogen-bond acceptors (Lipinski definition) is 4. The van der Waals surface area contributed by atoms with Crippen LogP contribution < -0.4 is 20.7 Å². The molecule has 0 aliphatic heterocycles. The first kappa shape index (κ1) is 18.8. The molecule has 1 fully saturated rings. The van der Waals surface area contributed by atoms with E-state index < -0.39 is 0 Å². The van der Waals surface area contributed by atoms with Crippen LogP contribution in [-0.2, 0) is 4.79 Å². The summed E-state index contributed by atoms with van der Waals surface area (Å²) < 4.78 is 5.08. The lowest BCUT2D eigenvalue weighted by Gasteiger charge is -2.13. The number of thiocarbonyl (C=S) groups is 1. The molecule has 0 bridgehead atoms. The molecule has 0 radical (unpaired) electrons. The molecule has 2 aromatic carbocycles. The lowest BCUT2D eigenvalue weighted by atomic mass is 10.1. The van der Waals surface area contributed by atoms with Gasteiger partial charge in [-0.3, -0.25) is 14.9 Å². The molecule has 1 saturated carbocycles. The largest absolute Gasteiger partial charge is 0.497 e. The first-order chi connectivity index (χ1) is 13.0. The minimum atomic E-state index is -0.315. The van der Waals surface area contributed by atoms with Gasteiger partial charge >= 0.3 is 0 Å². The minimum Gasteiger partial charge on any atom is -0.497 e. The Kier molecular flexibility index (Phi) is 5.71. The SMILES string of the molecule is COc1ccc(C(=O)NC(=S)Nc2ccc(C)c(NC(=O)C3CC3)c2)cc1. The second kappa shape index (κ2) is 8.18. The van der Waals surface area contributed by atoms with Gasteiger partial charge in [0.2, 0.25) is 5.91 Å². The highest BCUT2D eigenvalue weighted by Gasteiger charge is 2.29. The van der Waals surface area contributed by atoms with Gasteiger partial charge in [0.05, 0.1) is 7.11 Å². The number of carbonyl (C=O) groups excluding carboxylic acids is 2. The Morgan fingerprint density at radius 2 is 1.78 bits per heavy atom. The fraction of sp³-hybridized carbons (Fsp3) is 0.250. The zero-order chi connectivity index (χ0) is 19.4. The summed E-state index contributed by atoms with van der Waals surface area (Å²) in [5, 5.41) is 8.73. The third-order valence-electron chi connectivity index (χ3n) is 4.28. The number of hydrogen-bond donors (Lipinski definition) is 3. The molecule has 3 rings (SSSR count). The zero-order valence-corrected chi connectivity index (χ0v) is 16.0. The second-order valence-electron chi connectivity index (χ2n) is 6.43. The molecule has 27 heavy (non-hydrogen) atoms. The molecule has 0 spiro atoms. The Balaban J connectivity index is 1.61. The number of rotatable bonds is 5. The molecule has 7 heteroatoms. The highest BCUT2D eigenvalue weighted by Crippen LogP contribution is 2.31. The summed E-state index contributed by atoms with van der Waals surface area (Å²) in [5.74, 6) is 0.536. The van der Waals surface area contributed by atoms with E-state index >= 15 is 0 Å². The predicted octanol–water partition coefficient (Wildman–Crippen LogP) is 3.48. The summed E-state index contributed by atoms with van der Waals surface area (Å²) in [4.78, 5) is 24.2. The van der Waals surface area contributed by atoms with Gasteiger partial charge in [-0.15, -0.1) is 0 Å². The van der Waals surface area contributed by atoms with Crippen LogP contribution in [0.5, 0.6) is 5.75 Å². The second-order valence-corrected chi connectivity index (χ2v) is 6.84. The normalized spacial score (nSPS) is 12.8. The predicted molar refractivity (Wildman–Crippen MR) is 109 cm³/mol. The Labute approximate surface area is 163 Å². The molecule has 0 saturated heterocycles. The maximum absolute atomic E-state index is 12.3. The Morgan fingerprint density at radius 3 is 2.41 bits per heavy atom. The van der Waals surface area contributed by atoms with Crippen LogP contribution in [-0.4, -0.2) is 24.0 Å². The number of benzene rings is 2. The maximum Gasteiger partial charge on any atom is 0.257 e. The van der Waals surface area contributed by atoms with Crippen LogP contribution in [0.3, 0.4) is 0 Å². The Hall–Kier alpha value is -2.93. The number of amides is 2. The first-order valence-electron chi connectivity index (χ1n) is 8.64. The number of ether oxygens (including phenoxy) is 1. The van der Waals surface area contributed by atoms with E-state index in [1.54, 1.807) is 37.4 Å².